The van der Waals surface area contributed by atoms with Crippen molar-refractivity contribution in [1.82, 2.24) is 5.32 Å². The van der Waals surface area contributed by atoms with Crippen LogP contribution in [0.15, 0.2) is 35.3 Å². The fraction of sp³-hybridized carbons (Fsp3) is 0.500. The molecule has 1 aromatic rings. The molecule has 0 bridgehead atoms. The summed E-state index contributed by atoms with van der Waals surface area (Å²) in [5.41, 5.74) is 1.38. The maximum absolute atomic E-state index is 4.54. The normalized spacial score (nSPS) is 21.1. The standard InChI is InChI=1S/C14H20N2S/c1-3-13-10-15-14(17-13)16-11(2)9-12-7-5-4-6-8-12/h4-8,11,13H,3,9-10H2,1-2H3,(H,15,16). The first-order valence-electron chi connectivity index (χ1n) is 6.29. The van der Waals surface area contributed by atoms with Gasteiger partial charge in [0.1, 0.15) is 0 Å². The zero-order valence-corrected chi connectivity index (χ0v) is 11.3. The molecule has 1 N–H and O–H groups in total. The number of rotatable bonds is 4. The van der Waals surface area contributed by atoms with Crippen molar-refractivity contribution in [1.29, 1.82) is 0 Å². The number of nitrogens with zero attached hydrogens (tertiary/aromatic N) is 1. The predicted molar refractivity (Wildman–Crippen MR) is 76.7 cm³/mol. The Bertz CT molecular complexity index is 375. The fourth-order valence-corrected chi connectivity index (χ4v) is 2.99. The third-order valence-corrected chi connectivity index (χ3v) is 4.21. The van der Waals surface area contributed by atoms with Crippen LogP contribution in [0.4, 0.5) is 0 Å². The molecular formula is C14H20N2S. The van der Waals surface area contributed by atoms with Gasteiger partial charge in [-0.2, -0.15) is 0 Å². The third kappa shape index (κ3) is 3.77. The monoisotopic (exact) mass is 248 g/mol. The Morgan fingerprint density at radius 3 is 2.82 bits per heavy atom. The van der Waals surface area contributed by atoms with Gasteiger partial charge >= 0.3 is 0 Å². The summed E-state index contributed by atoms with van der Waals surface area (Å²) in [6.07, 6.45) is 2.25. The largest absolute Gasteiger partial charge is 0.362 e. The molecule has 2 rings (SSSR count). The van der Waals surface area contributed by atoms with Crippen molar-refractivity contribution in [3.63, 3.8) is 0 Å². The number of benzene rings is 1. The van der Waals surface area contributed by atoms with Gasteiger partial charge in [-0.25, -0.2) is 0 Å². The van der Waals surface area contributed by atoms with Gasteiger partial charge in [0.15, 0.2) is 5.17 Å². The lowest BCUT2D eigenvalue weighted by Crippen LogP contribution is -2.31. The zero-order chi connectivity index (χ0) is 12.1. The van der Waals surface area contributed by atoms with E-state index in [1.807, 2.05) is 11.8 Å². The van der Waals surface area contributed by atoms with Crippen LogP contribution in [-0.2, 0) is 6.42 Å². The van der Waals surface area contributed by atoms with Crippen molar-refractivity contribution < 1.29 is 0 Å². The van der Waals surface area contributed by atoms with E-state index in [0.717, 1.165) is 18.1 Å². The van der Waals surface area contributed by atoms with Crippen LogP contribution in [0.3, 0.4) is 0 Å². The summed E-state index contributed by atoms with van der Waals surface area (Å²) in [5.74, 6) is 0. The summed E-state index contributed by atoms with van der Waals surface area (Å²) < 4.78 is 0. The minimum absolute atomic E-state index is 0.444. The van der Waals surface area contributed by atoms with Crippen molar-refractivity contribution >= 4 is 16.9 Å². The molecule has 17 heavy (non-hydrogen) atoms. The summed E-state index contributed by atoms with van der Waals surface area (Å²) in [5, 5.41) is 5.31. The van der Waals surface area contributed by atoms with E-state index in [1.165, 1.54) is 12.0 Å². The molecule has 0 spiro atoms. The lowest BCUT2D eigenvalue weighted by Gasteiger charge is -2.15. The van der Waals surface area contributed by atoms with Crippen LogP contribution >= 0.6 is 11.8 Å². The molecule has 3 heteroatoms. The van der Waals surface area contributed by atoms with Crippen LogP contribution in [0.25, 0.3) is 0 Å². The Morgan fingerprint density at radius 2 is 2.18 bits per heavy atom. The maximum Gasteiger partial charge on any atom is 0.157 e. The van der Waals surface area contributed by atoms with E-state index in [9.17, 15) is 0 Å². The highest BCUT2D eigenvalue weighted by molar-refractivity contribution is 8.14. The van der Waals surface area contributed by atoms with Crippen molar-refractivity contribution in [2.75, 3.05) is 6.54 Å². The molecule has 2 atom stereocenters. The second kappa shape index (κ2) is 6.10. The fourth-order valence-electron chi connectivity index (χ4n) is 1.94. The van der Waals surface area contributed by atoms with Crippen LogP contribution in [-0.4, -0.2) is 23.0 Å². The minimum Gasteiger partial charge on any atom is -0.362 e. The van der Waals surface area contributed by atoms with Crippen molar-refractivity contribution in [3.05, 3.63) is 35.9 Å². The van der Waals surface area contributed by atoms with Gasteiger partial charge in [0, 0.05) is 11.3 Å². The molecule has 2 nitrogen and oxygen atoms in total. The first kappa shape index (κ1) is 12.5. The molecular weight excluding hydrogens is 228 g/mol. The van der Waals surface area contributed by atoms with Gasteiger partial charge in [-0.15, -0.1) is 0 Å². The van der Waals surface area contributed by atoms with Crippen LogP contribution in [0.5, 0.6) is 0 Å². The van der Waals surface area contributed by atoms with Gasteiger partial charge in [0.05, 0.1) is 6.54 Å². The van der Waals surface area contributed by atoms with E-state index < -0.39 is 0 Å². The Balaban J connectivity index is 1.80. The molecule has 1 aliphatic heterocycles. The molecule has 1 aromatic carbocycles. The number of hydrogen-bond acceptors (Lipinski definition) is 3. The number of hydrogen-bond donors (Lipinski definition) is 1. The van der Waals surface area contributed by atoms with Gasteiger partial charge in [0.25, 0.3) is 0 Å². The number of thioether (sulfide) groups is 1. The van der Waals surface area contributed by atoms with E-state index in [-0.39, 0.29) is 0 Å². The van der Waals surface area contributed by atoms with Gasteiger partial charge in [-0.05, 0) is 25.3 Å². The first-order valence-corrected chi connectivity index (χ1v) is 7.17. The molecule has 0 aliphatic carbocycles. The molecule has 0 amide bonds. The maximum atomic E-state index is 4.54. The molecule has 0 saturated heterocycles. The quantitative estimate of drug-likeness (QED) is 0.885. The van der Waals surface area contributed by atoms with Gasteiger partial charge in [-0.3, -0.25) is 4.99 Å². The van der Waals surface area contributed by atoms with E-state index in [2.05, 4.69) is 54.5 Å². The van der Waals surface area contributed by atoms with Crippen molar-refractivity contribution in [3.8, 4) is 0 Å². The Morgan fingerprint density at radius 1 is 1.41 bits per heavy atom. The predicted octanol–water partition coefficient (Wildman–Crippen LogP) is 3.09. The van der Waals surface area contributed by atoms with E-state index in [1.54, 1.807) is 0 Å². The second-order valence-corrected chi connectivity index (χ2v) is 5.82. The van der Waals surface area contributed by atoms with E-state index in [4.69, 9.17) is 0 Å². The highest BCUT2D eigenvalue weighted by atomic mass is 32.2. The van der Waals surface area contributed by atoms with Crippen LogP contribution < -0.4 is 5.32 Å². The van der Waals surface area contributed by atoms with Crippen LogP contribution in [0.2, 0.25) is 0 Å². The lowest BCUT2D eigenvalue weighted by molar-refractivity contribution is 0.665. The number of nitrogens with one attached hydrogen (secondary N) is 1. The second-order valence-electron chi connectivity index (χ2n) is 4.53. The molecule has 0 fully saturated rings. The minimum atomic E-state index is 0.444. The average molecular weight is 248 g/mol. The lowest BCUT2D eigenvalue weighted by atomic mass is 10.1. The smallest absolute Gasteiger partial charge is 0.157 e. The van der Waals surface area contributed by atoms with Gasteiger partial charge in [0.2, 0.25) is 0 Å². The zero-order valence-electron chi connectivity index (χ0n) is 10.5. The molecule has 0 saturated carbocycles. The highest BCUT2D eigenvalue weighted by Crippen LogP contribution is 2.22. The Labute approximate surface area is 108 Å². The Hall–Kier alpha value is -0.960. The molecule has 0 aromatic heterocycles. The molecule has 92 valence electrons. The van der Waals surface area contributed by atoms with E-state index in [0.29, 0.717) is 11.3 Å². The third-order valence-electron chi connectivity index (χ3n) is 2.93. The molecule has 0 radical (unpaired) electrons. The van der Waals surface area contributed by atoms with Crippen molar-refractivity contribution in [2.24, 2.45) is 4.99 Å². The van der Waals surface area contributed by atoms with Crippen LogP contribution in [0, 0.1) is 0 Å². The highest BCUT2D eigenvalue weighted by Gasteiger charge is 2.18. The molecule has 2 unspecified atom stereocenters. The van der Waals surface area contributed by atoms with Gasteiger partial charge in [-0.1, -0.05) is 49.0 Å². The number of amidine groups is 1. The SMILES string of the molecule is CCC1CN=C(NC(C)Cc2ccccc2)S1. The average Bonchev–Trinajstić information content (AvgIpc) is 2.78. The molecule has 1 heterocycles. The summed E-state index contributed by atoms with van der Waals surface area (Å²) in [7, 11) is 0. The summed E-state index contributed by atoms with van der Waals surface area (Å²) in [6, 6.07) is 11.0. The summed E-state index contributed by atoms with van der Waals surface area (Å²) in [6.45, 7) is 5.42. The summed E-state index contributed by atoms with van der Waals surface area (Å²) >= 11 is 1.89. The number of aliphatic imine (C=N–C) groups is 1. The Kier molecular flexibility index (Phi) is 4.49. The first-order chi connectivity index (χ1) is 8.28. The summed E-state index contributed by atoms with van der Waals surface area (Å²) in [4.78, 5) is 4.54. The van der Waals surface area contributed by atoms with Gasteiger partial charge < -0.3 is 5.32 Å². The van der Waals surface area contributed by atoms with E-state index >= 15 is 0 Å². The van der Waals surface area contributed by atoms with Crippen molar-refractivity contribution in [2.45, 2.75) is 38.0 Å². The van der Waals surface area contributed by atoms with Crippen LogP contribution in [0.1, 0.15) is 25.8 Å². The molecule has 1 aliphatic rings. The topological polar surface area (TPSA) is 24.4 Å².